The average molecular weight is 396 g/mol. The van der Waals surface area contributed by atoms with E-state index in [0.717, 1.165) is 0 Å². The van der Waals surface area contributed by atoms with Gasteiger partial charge in [0.1, 0.15) is 16.8 Å². The lowest BCUT2D eigenvalue weighted by atomic mass is 9.87. The van der Waals surface area contributed by atoms with Gasteiger partial charge in [0.15, 0.2) is 5.13 Å². The van der Waals surface area contributed by atoms with E-state index >= 15 is 0 Å². The molecule has 2 aliphatic rings. The van der Waals surface area contributed by atoms with Crippen LogP contribution in [0.1, 0.15) is 4.88 Å². The van der Waals surface area contributed by atoms with Gasteiger partial charge in [0.2, 0.25) is 18.2 Å². The second kappa shape index (κ2) is 7.08. The number of fused-ring (bicyclic) bond motifs is 1. The van der Waals surface area contributed by atoms with E-state index in [1.54, 1.807) is 0 Å². The maximum absolute atomic E-state index is 12.3. The van der Waals surface area contributed by atoms with Gasteiger partial charge in [0.05, 0.1) is 6.42 Å². The third-order valence-electron chi connectivity index (χ3n) is 4.31. The second-order valence-electron chi connectivity index (χ2n) is 5.95. The van der Waals surface area contributed by atoms with E-state index in [4.69, 9.17) is 0 Å². The van der Waals surface area contributed by atoms with Gasteiger partial charge >= 0.3 is 5.97 Å². The van der Waals surface area contributed by atoms with Gasteiger partial charge in [0.25, 0.3) is 0 Å². The largest absolute Gasteiger partial charge is 0.481 e. The van der Waals surface area contributed by atoms with E-state index in [9.17, 15) is 24.3 Å². The van der Waals surface area contributed by atoms with Gasteiger partial charge in [-0.15, -0.1) is 29.7 Å². The quantitative estimate of drug-likeness (QED) is 0.334. The number of aliphatic carboxylic acids is 1. The van der Waals surface area contributed by atoms with Gasteiger partial charge in [0, 0.05) is 23.4 Å². The Labute approximate surface area is 156 Å². The van der Waals surface area contributed by atoms with Crippen molar-refractivity contribution in [3.63, 3.8) is 0 Å². The zero-order valence-electron chi connectivity index (χ0n) is 13.5. The molecule has 3 amide bonds. The maximum Gasteiger partial charge on any atom is 0.316 e. The maximum atomic E-state index is 12.3. The monoisotopic (exact) mass is 396 g/mol. The van der Waals surface area contributed by atoms with Crippen molar-refractivity contribution in [1.82, 2.24) is 15.2 Å². The second-order valence-corrected chi connectivity index (χ2v) is 8.17. The molecular formula is C15H16N4O5S2. The molecule has 0 saturated carbocycles. The number of nitrogens with zero attached hydrogens (tertiary/aromatic N) is 2. The molecule has 2 unspecified atom stereocenters. The Morgan fingerprint density at radius 2 is 2.31 bits per heavy atom. The normalized spacial score (nSPS) is 27.1. The predicted molar refractivity (Wildman–Crippen MR) is 95.7 cm³/mol. The molecule has 3 rings (SSSR count). The molecule has 0 bridgehead atoms. The van der Waals surface area contributed by atoms with E-state index in [1.807, 2.05) is 0 Å². The Bertz CT molecular complexity index is 782. The lowest BCUT2D eigenvalue weighted by molar-refractivity contribution is -0.156. The van der Waals surface area contributed by atoms with Crippen LogP contribution in [0, 0.1) is 5.41 Å². The van der Waals surface area contributed by atoms with E-state index in [2.05, 4.69) is 22.2 Å². The number of thiazole rings is 1. The van der Waals surface area contributed by atoms with Crippen LogP contribution in [-0.4, -0.2) is 62.9 Å². The molecule has 3 atom stereocenters. The highest BCUT2D eigenvalue weighted by atomic mass is 32.2. The Hall–Kier alpha value is -2.40. The summed E-state index contributed by atoms with van der Waals surface area (Å²) in [5.41, 5.74) is -1.16. The number of thioether (sulfide) groups is 1. The highest BCUT2D eigenvalue weighted by Crippen LogP contribution is 2.42. The van der Waals surface area contributed by atoms with Crippen molar-refractivity contribution >= 4 is 52.4 Å². The minimum Gasteiger partial charge on any atom is -0.481 e. The zero-order valence-corrected chi connectivity index (χ0v) is 15.1. The van der Waals surface area contributed by atoms with Crippen molar-refractivity contribution in [2.24, 2.45) is 5.41 Å². The van der Waals surface area contributed by atoms with Crippen LogP contribution >= 0.6 is 23.1 Å². The number of hydrogen-bond acceptors (Lipinski definition) is 7. The van der Waals surface area contributed by atoms with Crippen molar-refractivity contribution < 1.29 is 24.3 Å². The molecule has 2 fully saturated rings. The van der Waals surface area contributed by atoms with E-state index in [0.29, 0.717) is 22.2 Å². The number of amides is 3. The Morgan fingerprint density at radius 3 is 2.96 bits per heavy atom. The van der Waals surface area contributed by atoms with Crippen LogP contribution in [-0.2, 0) is 25.6 Å². The predicted octanol–water partition coefficient (Wildman–Crippen LogP) is -0.0892. The number of carboxylic acids is 1. The summed E-state index contributed by atoms with van der Waals surface area (Å²) in [6.45, 7) is 3.64. The molecule has 138 valence electrons. The van der Waals surface area contributed by atoms with E-state index in [-0.39, 0.29) is 30.2 Å². The highest BCUT2D eigenvalue weighted by Gasteiger charge is 2.56. The summed E-state index contributed by atoms with van der Waals surface area (Å²) >= 11 is 2.50. The van der Waals surface area contributed by atoms with Crippen molar-refractivity contribution in [1.29, 1.82) is 0 Å². The number of carbonyl (C=O) groups excluding carboxylic acids is 3. The molecule has 2 saturated heterocycles. The smallest absolute Gasteiger partial charge is 0.316 e. The third kappa shape index (κ3) is 3.19. The molecule has 0 aromatic carbocycles. The fourth-order valence-corrected chi connectivity index (χ4v) is 5.13. The van der Waals surface area contributed by atoms with Crippen LogP contribution in [0.5, 0.6) is 0 Å². The van der Waals surface area contributed by atoms with Crippen LogP contribution in [0.2, 0.25) is 0 Å². The number of nitrogens with one attached hydrogen (secondary N) is 2. The Kier molecular flexibility index (Phi) is 5.01. The summed E-state index contributed by atoms with van der Waals surface area (Å²) in [6, 6.07) is -0.662. The van der Waals surface area contributed by atoms with Crippen molar-refractivity contribution in [2.75, 3.05) is 17.6 Å². The zero-order chi connectivity index (χ0) is 18.9. The molecule has 3 heterocycles. The van der Waals surface area contributed by atoms with E-state index < -0.39 is 17.4 Å². The fraction of sp³-hybridized carbons (Fsp3) is 0.400. The van der Waals surface area contributed by atoms with Crippen molar-refractivity contribution in [3.05, 3.63) is 23.7 Å². The summed E-state index contributed by atoms with van der Waals surface area (Å²) in [6.07, 6.45) is 3.41. The number of β-lactam (4-membered cyclic amide) rings is 1. The van der Waals surface area contributed by atoms with Crippen LogP contribution in [0.4, 0.5) is 5.13 Å². The number of hydrogen-bond donors (Lipinski definition) is 3. The van der Waals surface area contributed by atoms with E-state index in [1.165, 1.54) is 40.3 Å². The SMILES string of the molecule is C=CC1(C(=O)O)CS[C@@H]2C(NC(=O)Cc3cnc(NC=O)s3)C(=O)N2C1. The molecule has 1 aromatic heterocycles. The Morgan fingerprint density at radius 1 is 1.54 bits per heavy atom. The molecule has 0 radical (unpaired) electrons. The van der Waals surface area contributed by atoms with Gasteiger partial charge < -0.3 is 20.6 Å². The Balaban J connectivity index is 1.58. The number of carbonyl (C=O) groups is 4. The molecule has 26 heavy (non-hydrogen) atoms. The first-order valence-corrected chi connectivity index (χ1v) is 9.50. The van der Waals surface area contributed by atoms with Gasteiger partial charge in [-0.2, -0.15) is 0 Å². The van der Waals surface area contributed by atoms with Crippen LogP contribution < -0.4 is 10.6 Å². The molecule has 1 aromatic rings. The number of rotatable bonds is 7. The lowest BCUT2D eigenvalue weighted by Crippen LogP contribution is -2.73. The molecule has 0 aliphatic carbocycles. The molecule has 9 nitrogen and oxygen atoms in total. The fourth-order valence-electron chi connectivity index (χ4n) is 2.82. The van der Waals surface area contributed by atoms with Gasteiger partial charge in [-0.25, -0.2) is 4.98 Å². The topological polar surface area (TPSA) is 129 Å². The van der Waals surface area contributed by atoms with Gasteiger partial charge in [-0.1, -0.05) is 6.08 Å². The summed E-state index contributed by atoms with van der Waals surface area (Å²) in [5.74, 6) is -1.34. The number of aromatic nitrogens is 1. The number of anilines is 1. The van der Waals surface area contributed by atoms with Crippen molar-refractivity contribution in [3.8, 4) is 0 Å². The molecular weight excluding hydrogens is 380 g/mol. The average Bonchev–Trinajstić information content (AvgIpc) is 3.06. The highest BCUT2D eigenvalue weighted by molar-refractivity contribution is 8.00. The van der Waals surface area contributed by atoms with Crippen LogP contribution in [0.15, 0.2) is 18.9 Å². The van der Waals surface area contributed by atoms with Crippen molar-refractivity contribution in [2.45, 2.75) is 17.8 Å². The minimum atomic E-state index is -1.16. The van der Waals surface area contributed by atoms with Gasteiger partial charge in [-0.05, 0) is 0 Å². The first-order valence-electron chi connectivity index (χ1n) is 7.63. The van der Waals surface area contributed by atoms with Crippen LogP contribution in [0.25, 0.3) is 0 Å². The molecule has 3 N–H and O–H groups in total. The minimum absolute atomic E-state index is 0.0467. The summed E-state index contributed by atoms with van der Waals surface area (Å²) in [5, 5.41) is 14.6. The third-order valence-corrected chi connectivity index (χ3v) is 6.79. The first kappa shape index (κ1) is 18.4. The summed E-state index contributed by atoms with van der Waals surface area (Å²) in [4.78, 5) is 52.4. The molecule has 11 heteroatoms. The molecule has 2 aliphatic heterocycles. The lowest BCUT2D eigenvalue weighted by Gasteiger charge is -2.53. The number of carboxylic acid groups (broad SMARTS) is 1. The molecule has 0 spiro atoms. The summed E-state index contributed by atoms with van der Waals surface area (Å²) in [7, 11) is 0. The summed E-state index contributed by atoms with van der Waals surface area (Å²) < 4.78 is 0. The van der Waals surface area contributed by atoms with Crippen LogP contribution in [0.3, 0.4) is 0 Å². The standard InChI is InChI=1S/C15H16N4O5S2/c1-2-15(13(23)24)5-19-11(22)10(12(19)25-6-15)18-9(21)3-8-4-16-14(26-8)17-7-20/h2,4,7,10,12H,1,3,5-6H2,(H,18,21)(H,23,24)(H,16,17,20)/t10?,12-,15?/m1/s1. The first-order chi connectivity index (χ1) is 12.4. The van der Waals surface area contributed by atoms with Gasteiger partial charge in [-0.3, -0.25) is 19.2 Å².